The summed E-state index contributed by atoms with van der Waals surface area (Å²) < 4.78 is 5.54. The Kier molecular flexibility index (Phi) is 5.66. The molecular formula is C19H21N5O2S. The molecule has 0 fully saturated rings. The molecule has 0 spiro atoms. The number of carbonyl (C=O) groups is 1. The normalized spacial score (nSPS) is 10.5. The molecule has 0 unspecified atom stereocenters. The third-order valence-corrected chi connectivity index (χ3v) is 4.89. The lowest BCUT2D eigenvalue weighted by Gasteiger charge is -2.12. The number of amides is 1. The molecule has 3 aromatic rings. The van der Waals surface area contributed by atoms with Gasteiger partial charge in [-0.1, -0.05) is 12.1 Å². The summed E-state index contributed by atoms with van der Waals surface area (Å²) in [6.45, 7) is 8.15. The maximum Gasteiger partial charge on any atom is 0.259 e. The minimum Gasteiger partial charge on any atom is -0.492 e. The smallest absolute Gasteiger partial charge is 0.259 e. The molecule has 140 valence electrons. The van der Waals surface area contributed by atoms with Gasteiger partial charge in [-0.25, -0.2) is 15.0 Å². The average Bonchev–Trinajstić information content (AvgIpc) is 2.94. The summed E-state index contributed by atoms with van der Waals surface area (Å²) in [6.07, 6.45) is 1.51. The summed E-state index contributed by atoms with van der Waals surface area (Å²) in [5.41, 5.74) is 2.56. The summed E-state index contributed by atoms with van der Waals surface area (Å²) in [7, 11) is 0. The third kappa shape index (κ3) is 4.40. The molecule has 0 atom stereocenters. The fraction of sp³-hybridized carbons (Fsp3) is 0.263. The maximum absolute atomic E-state index is 12.6. The number of nitrogens with one attached hydrogen (secondary N) is 2. The Morgan fingerprint density at radius 2 is 1.93 bits per heavy atom. The minimum absolute atomic E-state index is 0.285. The Morgan fingerprint density at radius 3 is 2.59 bits per heavy atom. The molecule has 1 aromatic carbocycles. The van der Waals surface area contributed by atoms with E-state index in [1.807, 2.05) is 39.0 Å². The lowest BCUT2D eigenvalue weighted by molar-refractivity contribution is 0.102. The van der Waals surface area contributed by atoms with Gasteiger partial charge in [0.25, 0.3) is 5.91 Å². The van der Waals surface area contributed by atoms with E-state index in [4.69, 9.17) is 4.74 Å². The van der Waals surface area contributed by atoms with Gasteiger partial charge in [0, 0.05) is 11.1 Å². The second-order valence-corrected chi connectivity index (χ2v) is 7.06. The van der Waals surface area contributed by atoms with Crippen molar-refractivity contribution in [1.82, 2.24) is 15.0 Å². The Labute approximate surface area is 161 Å². The van der Waals surface area contributed by atoms with Crippen molar-refractivity contribution >= 4 is 34.0 Å². The van der Waals surface area contributed by atoms with E-state index in [9.17, 15) is 4.79 Å². The highest BCUT2D eigenvalue weighted by atomic mass is 32.1. The highest BCUT2D eigenvalue weighted by Crippen LogP contribution is 2.25. The van der Waals surface area contributed by atoms with E-state index in [1.54, 1.807) is 13.0 Å². The highest BCUT2D eigenvalue weighted by molar-refractivity contribution is 7.15. The van der Waals surface area contributed by atoms with E-state index < -0.39 is 0 Å². The van der Waals surface area contributed by atoms with Crippen molar-refractivity contribution in [2.45, 2.75) is 27.7 Å². The van der Waals surface area contributed by atoms with Gasteiger partial charge in [0.15, 0.2) is 5.13 Å². The molecule has 2 N–H and O–H groups in total. The number of aromatic nitrogens is 3. The van der Waals surface area contributed by atoms with Crippen molar-refractivity contribution in [3.05, 3.63) is 52.3 Å². The van der Waals surface area contributed by atoms with E-state index in [1.165, 1.54) is 17.5 Å². The van der Waals surface area contributed by atoms with Gasteiger partial charge in [0.1, 0.15) is 5.75 Å². The molecule has 0 saturated heterocycles. The molecular weight excluding hydrogens is 362 g/mol. The van der Waals surface area contributed by atoms with Crippen LogP contribution in [0.3, 0.4) is 0 Å². The predicted molar refractivity (Wildman–Crippen MR) is 107 cm³/mol. The summed E-state index contributed by atoms with van der Waals surface area (Å²) in [4.78, 5) is 26.8. The van der Waals surface area contributed by atoms with Crippen LogP contribution in [-0.2, 0) is 0 Å². The predicted octanol–water partition coefficient (Wildman–Crippen LogP) is 4.25. The summed E-state index contributed by atoms with van der Waals surface area (Å²) in [6, 6.07) is 7.31. The standard InChI is InChI=1S/C19H21N5O2S/c1-5-26-16-9-7-6-8-15(16)23-17(25)14-10-20-18(21-12(14)3)24-19-22-11(2)13(4)27-19/h6-10H,5H2,1-4H3,(H,23,25)(H,20,21,22,24). The fourth-order valence-electron chi connectivity index (χ4n) is 2.41. The average molecular weight is 383 g/mol. The number of thiazole rings is 1. The molecule has 0 saturated carbocycles. The first-order chi connectivity index (χ1) is 13.0. The quantitative estimate of drug-likeness (QED) is 0.661. The highest BCUT2D eigenvalue weighted by Gasteiger charge is 2.15. The van der Waals surface area contributed by atoms with Crippen molar-refractivity contribution in [3.8, 4) is 5.75 Å². The molecule has 7 nitrogen and oxygen atoms in total. The topological polar surface area (TPSA) is 89.0 Å². The number of rotatable bonds is 6. The maximum atomic E-state index is 12.6. The number of carbonyl (C=O) groups excluding carboxylic acids is 1. The zero-order chi connectivity index (χ0) is 19.4. The molecule has 0 radical (unpaired) electrons. The van der Waals surface area contributed by atoms with Gasteiger partial charge in [-0.3, -0.25) is 4.79 Å². The van der Waals surface area contributed by atoms with Crippen LogP contribution in [0.1, 0.15) is 33.5 Å². The Morgan fingerprint density at radius 1 is 1.15 bits per heavy atom. The fourth-order valence-corrected chi connectivity index (χ4v) is 3.22. The van der Waals surface area contributed by atoms with Crippen molar-refractivity contribution in [3.63, 3.8) is 0 Å². The first-order valence-electron chi connectivity index (χ1n) is 8.55. The monoisotopic (exact) mass is 383 g/mol. The molecule has 0 aliphatic rings. The number of hydrogen-bond acceptors (Lipinski definition) is 7. The minimum atomic E-state index is -0.285. The number of ether oxygens (including phenoxy) is 1. The lowest BCUT2D eigenvalue weighted by Crippen LogP contribution is -2.16. The number of para-hydroxylation sites is 2. The van der Waals surface area contributed by atoms with Crippen LogP contribution in [-0.4, -0.2) is 27.5 Å². The number of benzene rings is 1. The van der Waals surface area contributed by atoms with Crippen LogP contribution < -0.4 is 15.4 Å². The SMILES string of the molecule is CCOc1ccccc1NC(=O)c1cnc(Nc2nc(C)c(C)s2)nc1C. The molecule has 1 amide bonds. The molecule has 2 aromatic heterocycles. The van der Waals surface area contributed by atoms with Gasteiger partial charge in [-0.2, -0.15) is 0 Å². The molecule has 8 heteroatoms. The molecule has 2 heterocycles. The van der Waals surface area contributed by atoms with E-state index in [2.05, 4.69) is 25.6 Å². The number of aryl methyl sites for hydroxylation is 3. The van der Waals surface area contributed by atoms with Crippen molar-refractivity contribution in [1.29, 1.82) is 0 Å². The summed E-state index contributed by atoms with van der Waals surface area (Å²) >= 11 is 1.54. The van der Waals surface area contributed by atoms with Crippen molar-refractivity contribution < 1.29 is 9.53 Å². The summed E-state index contributed by atoms with van der Waals surface area (Å²) in [5.74, 6) is 0.749. The van der Waals surface area contributed by atoms with Gasteiger partial charge in [-0.15, -0.1) is 11.3 Å². The van der Waals surface area contributed by atoms with Crippen molar-refractivity contribution in [2.24, 2.45) is 0 Å². The van der Waals surface area contributed by atoms with Gasteiger partial charge in [0.2, 0.25) is 5.95 Å². The number of nitrogens with zero attached hydrogens (tertiary/aromatic N) is 3. The van der Waals surface area contributed by atoms with E-state index in [-0.39, 0.29) is 5.91 Å². The van der Waals surface area contributed by atoms with Gasteiger partial charge >= 0.3 is 0 Å². The Bertz CT molecular complexity index is 951. The molecule has 0 aliphatic heterocycles. The van der Waals surface area contributed by atoms with Gasteiger partial charge < -0.3 is 15.4 Å². The van der Waals surface area contributed by atoms with E-state index >= 15 is 0 Å². The lowest BCUT2D eigenvalue weighted by atomic mass is 10.2. The molecule has 0 bridgehead atoms. The first kappa shape index (κ1) is 18.8. The van der Waals surface area contributed by atoms with Crippen LogP contribution in [0.5, 0.6) is 5.75 Å². The Hall–Kier alpha value is -3.00. The second kappa shape index (κ2) is 8.13. The van der Waals surface area contributed by atoms with E-state index in [0.717, 1.165) is 15.7 Å². The zero-order valence-corrected chi connectivity index (χ0v) is 16.5. The van der Waals surface area contributed by atoms with Gasteiger partial charge in [-0.05, 0) is 39.8 Å². The molecule has 0 aliphatic carbocycles. The number of hydrogen-bond donors (Lipinski definition) is 2. The number of anilines is 3. The molecule has 3 rings (SSSR count). The van der Waals surface area contributed by atoms with Gasteiger partial charge in [0.05, 0.1) is 29.2 Å². The Balaban J connectivity index is 1.76. The van der Waals surface area contributed by atoms with Crippen LogP contribution in [0.4, 0.5) is 16.8 Å². The largest absolute Gasteiger partial charge is 0.492 e. The second-order valence-electron chi connectivity index (χ2n) is 5.86. The van der Waals surface area contributed by atoms with Crippen LogP contribution in [0.2, 0.25) is 0 Å². The third-order valence-electron chi connectivity index (χ3n) is 3.91. The van der Waals surface area contributed by atoms with Crippen LogP contribution in [0.15, 0.2) is 30.5 Å². The van der Waals surface area contributed by atoms with Crippen LogP contribution in [0.25, 0.3) is 0 Å². The summed E-state index contributed by atoms with van der Waals surface area (Å²) in [5, 5.41) is 6.67. The first-order valence-corrected chi connectivity index (χ1v) is 9.37. The van der Waals surface area contributed by atoms with Crippen molar-refractivity contribution in [2.75, 3.05) is 17.2 Å². The van der Waals surface area contributed by atoms with Crippen LogP contribution in [0, 0.1) is 20.8 Å². The van der Waals surface area contributed by atoms with Crippen LogP contribution >= 0.6 is 11.3 Å². The molecule has 27 heavy (non-hydrogen) atoms. The zero-order valence-electron chi connectivity index (χ0n) is 15.7. The van der Waals surface area contributed by atoms with E-state index in [0.29, 0.717) is 35.2 Å².